The topological polar surface area (TPSA) is 99.1 Å². The molecule has 2 rings (SSSR count). The lowest BCUT2D eigenvalue weighted by Crippen LogP contribution is -1.97. The Bertz CT molecular complexity index is 746. The van der Waals surface area contributed by atoms with E-state index in [0.29, 0.717) is 12.2 Å². The van der Waals surface area contributed by atoms with Crippen molar-refractivity contribution in [2.24, 2.45) is 0 Å². The molecule has 0 spiro atoms. The lowest BCUT2D eigenvalue weighted by atomic mass is 10.2. The summed E-state index contributed by atoms with van der Waals surface area (Å²) in [7, 11) is 0. The zero-order chi connectivity index (χ0) is 16.3. The normalized spacial score (nSPS) is 11.7. The minimum atomic E-state index is -1.18. The van der Waals surface area contributed by atoms with E-state index in [2.05, 4.69) is 15.2 Å². The Morgan fingerprint density at radius 3 is 2.77 bits per heavy atom. The number of phenols is 1. The molecule has 9 heteroatoms. The van der Waals surface area contributed by atoms with E-state index < -0.39 is 5.97 Å². The monoisotopic (exact) mass is 359 g/mol. The van der Waals surface area contributed by atoms with Crippen LogP contribution in [0, 0.1) is 0 Å². The smallest absolute Gasteiger partial charge is 0.342 e. The third kappa shape index (κ3) is 3.94. The van der Waals surface area contributed by atoms with E-state index in [1.807, 2.05) is 6.92 Å². The van der Waals surface area contributed by atoms with Gasteiger partial charge in [-0.15, -0.1) is 5.10 Å². The maximum Gasteiger partial charge on any atom is 0.342 e. The Morgan fingerprint density at radius 1 is 1.45 bits per heavy atom. The number of aromatic amines is 1. The number of hydrogen-bond acceptors (Lipinski definition) is 5. The Labute approximate surface area is 140 Å². The number of nitrogens with zero attached hydrogens (tertiary/aromatic N) is 2. The largest absolute Gasteiger partial charge is 0.506 e. The van der Waals surface area contributed by atoms with Crippen LogP contribution in [0.4, 0.5) is 0 Å². The molecule has 116 valence electrons. The van der Waals surface area contributed by atoms with Gasteiger partial charge in [0.05, 0.1) is 5.02 Å². The highest BCUT2D eigenvalue weighted by molar-refractivity contribution is 8.04. The first-order chi connectivity index (χ1) is 10.4. The van der Waals surface area contributed by atoms with Crippen molar-refractivity contribution in [2.75, 3.05) is 0 Å². The van der Waals surface area contributed by atoms with E-state index in [4.69, 9.17) is 23.2 Å². The lowest BCUT2D eigenvalue weighted by molar-refractivity contribution is -0.131. The number of rotatable bonds is 5. The summed E-state index contributed by atoms with van der Waals surface area (Å²) in [5, 5.41) is 26.4. The van der Waals surface area contributed by atoms with Gasteiger partial charge in [-0.25, -0.2) is 9.78 Å². The van der Waals surface area contributed by atoms with E-state index in [9.17, 15) is 15.0 Å². The SMILES string of the molecule is CCc1nc(S/C(=C\c2cc(Cl)cc(Cl)c2O)C(=O)O)n[nH]1. The number of hydrogen-bond donors (Lipinski definition) is 3. The highest BCUT2D eigenvalue weighted by Crippen LogP contribution is 2.34. The number of aromatic hydroxyl groups is 1. The van der Waals surface area contributed by atoms with Crippen LogP contribution in [0.3, 0.4) is 0 Å². The summed E-state index contributed by atoms with van der Waals surface area (Å²) in [6.45, 7) is 1.90. The zero-order valence-electron chi connectivity index (χ0n) is 11.3. The molecular weight excluding hydrogens is 349 g/mol. The number of aliphatic carboxylic acids is 1. The number of carbonyl (C=O) groups is 1. The van der Waals surface area contributed by atoms with Gasteiger partial charge in [0.2, 0.25) is 5.16 Å². The van der Waals surface area contributed by atoms with E-state index in [0.717, 1.165) is 11.8 Å². The highest BCUT2D eigenvalue weighted by atomic mass is 35.5. The molecule has 0 aliphatic heterocycles. The fraction of sp³-hybridized carbons (Fsp3) is 0.154. The van der Waals surface area contributed by atoms with Crippen LogP contribution >= 0.6 is 35.0 Å². The molecule has 22 heavy (non-hydrogen) atoms. The van der Waals surface area contributed by atoms with Crippen molar-refractivity contribution in [2.45, 2.75) is 18.5 Å². The average molecular weight is 360 g/mol. The van der Waals surface area contributed by atoms with Crippen molar-refractivity contribution in [3.05, 3.63) is 38.5 Å². The van der Waals surface area contributed by atoms with Crippen LogP contribution in [0.5, 0.6) is 5.75 Å². The summed E-state index contributed by atoms with van der Waals surface area (Å²) in [4.78, 5) is 15.4. The van der Waals surface area contributed by atoms with Gasteiger partial charge < -0.3 is 10.2 Å². The molecule has 0 aliphatic carbocycles. The summed E-state index contributed by atoms with van der Waals surface area (Å²) >= 11 is 12.5. The molecule has 0 saturated heterocycles. The third-order valence-electron chi connectivity index (χ3n) is 2.60. The number of aryl methyl sites for hydroxylation is 1. The van der Waals surface area contributed by atoms with Crippen molar-refractivity contribution in [3.63, 3.8) is 0 Å². The molecule has 2 aromatic rings. The molecule has 1 aromatic heterocycles. The Balaban J connectivity index is 2.37. The van der Waals surface area contributed by atoms with Crippen molar-refractivity contribution in [1.29, 1.82) is 0 Å². The number of H-pyrrole nitrogens is 1. The maximum absolute atomic E-state index is 11.4. The van der Waals surface area contributed by atoms with Gasteiger partial charge in [0, 0.05) is 17.0 Å². The predicted molar refractivity (Wildman–Crippen MR) is 85.4 cm³/mol. The minimum Gasteiger partial charge on any atom is -0.506 e. The van der Waals surface area contributed by atoms with Crippen LogP contribution < -0.4 is 0 Å². The number of carboxylic acid groups (broad SMARTS) is 1. The van der Waals surface area contributed by atoms with E-state index in [-0.39, 0.29) is 31.4 Å². The standard InChI is InChI=1S/C13H11Cl2N3O3S/c1-2-10-16-13(18-17-10)22-9(12(20)21)4-6-3-7(14)5-8(15)11(6)19/h3-5,19H,2H2,1H3,(H,20,21)(H,16,17,18)/b9-4-. The van der Waals surface area contributed by atoms with Crippen LogP contribution in [0.2, 0.25) is 10.0 Å². The molecule has 0 radical (unpaired) electrons. The van der Waals surface area contributed by atoms with Gasteiger partial charge in [-0.2, -0.15) is 0 Å². The number of thioether (sulfide) groups is 1. The lowest BCUT2D eigenvalue weighted by Gasteiger charge is -2.04. The molecule has 1 aromatic carbocycles. The average Bonchev–Trinajstić information content (AvgIpc) is 2.91. The summed E-state index contributed by atoms with van der Waals surface area (Å²) < 4.78 is 0. The van der Waals surface area contributed by atoms with Crippen LogP contribution in [-0.4, -0.2) is 31.4 Å². The van der Waals surface area contributed by atoms with E-state index in [1.165, 1.54) is 18.2 Å². The Hall–Kier alpha value is -1.70. The van der Waals surface area contributed by atoms with Gasteiger partial charge in [0.1, 0.15) is 16.5 Å². The molecule has 0 bridgehead atoms. The number of benzene rings is 1. The molecule has 0 amide bonds. The van der Waals surface area contributed by atoms with Crippen LogP contribution in [-0.2, 0) is 11.2 Å². The molecule has 6 nitrogen and oxygen atoms in total. The quantitative estimate of drug-likeness (QED) is 0.557. The van der Waals surface area contributed by atoms with Gasteiger partial charge >= 0.3 is 5.97 Å². The second kappa shape index (κ2) is 7.04. The van der Waals surface area contributed by atoms with Gasteiger partial charge in [0.25, 0.3) is 0 Å². The molecular formula is C13H11Cl2N3O3S. The third-order valence-corrected chi connectivity index (χ3v) is 3.99. The fourth-order valence-electron chi connectivity index (χ4n) is 1.55. The molecule has 1 heterocycles. The minimum absolute atomic E-state index is 0.0413. The summed E-state index contributed by atoms with van der Waals surface area (Å²) in [5.41, 5.74) is 0.202. The van der Waals surface area contributed by atoms with Gasteiger partial charge in [-0.3, -0.25) is 5.10 Å². The van der Waals surface area contributed by atoms with Gasteiger partial charge in [-0.05, 0) is 30.0 Å². The van der Waals surface area contributed by atoms with Gasteiger partial charge in [0.15, 0.2) is 0 Å². The molecule has 3 N–H and O–H groups in total. The van der Waals surface area contributed by atoms with E-state index in [1.54, 1.807) is 0 Å². The van der Waals surface area contributed by atoms with E-state index >= 15 is 0 Å². The van der Waals surface area contributed by atoms with Crippen molar-refractivity contribution >= 4 is 47.0 Å². The van der Waals surface area contributed by atoms with Gasteiger partial charge in [-0.1, -0.05) is 30.1 Å². The second-order valence-electron chi connectivity index (χ2n) is 4.16. The van der Waals surface area contributed by atoms with Crippen LogP contribution in [0.25, 0.3) is 6.08 Å². The molecule has 0 atom stereocenters. The predicted octanol–water partition coefficient (Wildman–Crippen LogP) is 3.60. The summed E-state index contributed by atoms with van der Waals surface area (Å²) in [6.07, 6.45) is 1.92. The van der Waals surface area contributed by atoms with Crippen LogP contribution in [0.15, 0.2) is 22.2 Å². The van der Waals surface area contributed by atoms with Crippen molar-refractivity contribution in [3.8, 4) is 5.75 Å². The van der Waals surface area contributed by atoms with Crippen molar-refractivity contribution < 1.29 is 15.0 Å². The number of carboxylic acids is 1. The zero-order valence-corrected chi connectivity index (χ0v) is 13.6. The summed E-state index contributed by atoms with van der Waals surface area (Å²) in [5.74, 6) is -0.765. The molecule has 0 fully saturated rings. The summed E-state index contributed by atoms with van der Waals surface area (Å²) in [6, 6.07) is 2.79. The Morgan fingerprint density at radius 2 is 2.18 bits per heavy atom. The number of aromatic nitrogens is 3. The number of nitrogens with one attached hydrogen (secondary N) is 1. The molecule has 0 unspecified atom stereocenters. The Kier molecular flexibility index (Phi) is 5.33. The van der Waals surface area contributed by atoms with Crippen molar-refractivity contribution in [1.82, 2.24) is 15.2 Å². The molecule has 0 saturated carbocycles. The first-order valence-corrected chi connectivity index (χ1v) is 7.70. The fourth-order valence-corrected chi connectivity index (χ4v) is 2.78. The maximum atomic E-state index is 11.4. The first-order valence-electron chi connectivity index (χ1n) is 6.12. The molecule has 0 aliphatic rings. The van der Waals surface area contributed by atoms with Crippen LogP contribution in [0.1, 0.15) is 18.3 Å². The number of phenolic OH excluding ortho intramolecular Hbond substituents is 1. The second-order valence-corrected chi connectivity index (χ2v) is 6.01. The first kappa shape index (κ1) is 16.7. The highest BCUT2D eigenvalue weighted by Gasteiger charge is 2.15. The number of halogens is 2.